The van der Waals surface area contributed by atoms with Crippen LogP contribution in [0.4, 0.5) is 0 Å². The first-order valence-corrected chi connectivity index (χ1v) is 11.1. The van der Waals surface area contributed by atoms with E-state index in [1.165, 1.54) is 0 Å². The smallest absolute Gasteiger partial charge is 0.258 e. The van der Waals surface area contributed by atoms with Crippen LogP contribution in [0.25, 0.3) is 6.08 Å². The van der Waals surface area contributed by atoms with Crippen molar-refractivity contribution in [1.29, 1.82) is 0 Å². The van der Waals surface area contributed by atoms with Crippen molar-refractivity contribution in [3.8, 4) is 0 Å². The van der Waals surface area contributed by atoms with Gasteiger partial charge < -0.3 is 19.9 Å². The monoisotopic (exact) mass is 413 g/mol. The van der Waals surface area contributed by atoms with Gasteiger partial charge in [-0.2, -0.15) is 0 Å². The molecule has 3 aliphatic rings. The van der Waals surface area contributed by atoms with Gasteiger partial charge in [-0.25, -0.2) is 0 Å². The Bertz CT molecular complexity index is 918. The Morgan fingerprint density at radius 2 is 2.07 bits per heavy atom. The van der Waals surface area contributed by atoms with Crippen molar-refractivity contribution in [3.05, 3.63) is 39.8 Å². The van der Waals surface area contributed by atoms with Crippen molar-refractivity contribution >= 4 is 17.9 Å². The number of aromatic nitrogens is 1. The summed E-state index contributed by atoms with van der Waals surface area (Å²) in [5.74, 6) is -1.03. The largest absolute Gasteiger partial charge is 0.396 e. The quantitative estimate of drug-likeness (QED) is 0.743. The van der Waals surface area contributed by atoms with Crippen LogP contribution >= 0.6 is 0 Å². The Kier molecular flexibility index (Phi) is 5.82. The summed E-state index contributed by atoms with van der Waals surface area (Å²) >= 11 is 0. The zero-order valence-electron chi connectivity index (χ0n) is 17.7. The molecule has 0 aromatic carbocycles. The number of carbonyl (C=O) groups excluding carboxylic acids is 2. The lowest BCUT2D eigenvalue weighted by Crippen LogP contribution is -2.51. The molecule has 7 heteroatoms. The summed E-state index contributed by atoms with van der Waals surface area (Å²) in [6.07, 6.45) is 7.20. The number of aliphatic hydroxyl groups excluding tert-OH is 1. The molecule has 1 saturated carbocycles. The van der Waals surface area contributed by atoms with Gasteiger partial charge in [0.15, 0.2) is 0 Å². The Morgan fingerprint density at radius 3 is 2.67 bits per heavy atom. The lowest BCUT2D eigenvalue weighted by atomic mass is 9.83. The fraction of sp³-hybridized carbons (Fsp3) is 0.609. The number of hydrogen-bond acceptors (Lipinski definition) is 4. The van der Waals surface area contributed by atoms with E-state index < -0.39 is 12.0 Å². The lowest BCUT2D eigenvalue weighted by Gasteiger charge is -2.41. The van der Waals surface area contributed by atoms with Crippen molar-refractivity contribution in [2.75, 3.05) is 13.2 Å². The maximum absolute atomic E-state index is 13.4. The number of amides is 2. The molecule has 3 heterocycles. The highest BCUT2D eigenvalue weighted by Gasteiger charge is 2.58. The predicted molar refractivity (Wildman–Crippen MR) is 113 cm³/mol. The van der Waals surface area contributed by atoms with Crippen LogP contribution in [0.2, 0.25) is 0 Å². The highest BCUT2D eigenvalue weighted by molar-refractivity contribution is 5.85. The van der Waals surface area contributed by atoms with Gasteiger partial charge in [-0.3, -0.25) is 14.4 Å². The van der Waals surface area contributed by atoms with Gasteiger partial charge in [-0.05, 0) is 38.3 Å². The van der Waals surface area contributed by atoms with Gasteiger partial charge >= 0.3 is 0 Å². The first kappa shape index (κ1) is 20.8. The molecule has 2 aliphatic heterocycles. The molecule has 0 spiro atoms. The Morgan fingerprint density at radius 1 is 1.30 bits per heavy atom. The fourth-order valence-electron chi connectivity index (χ4n) is 5.26. The van der Waals surface area contributed by atoms with Gasteiger partial charge in [0.1, 0.15) is 0 Å². The SMILES string of the molecule is C/C=C/c1ccc2n(c1=O)C[C@@H]1[C@@H](CO)[C@H](C(=O)NCCC)[C@H]2N1C(=O)C1CCC1. The summed E-state index contributed by atoms with van der Waals surface area (Å²) in [7, 11) is 0. The van der Waals surface area contributed by atoms with Gasteiger partial charge in [0, 0.05) is 42.8 Å². The minimum Gasteiger partial charge on any atom is -0.396 e. The van der Waals surface area contributed by atoms with E-state index in [2.05, 4.69) is 5.32 Å². The molecule has 2 bridgehead atoms. The summed E-state index contributed by atoms with van der Waals surface area (Å²) < 4.78 is 1.71. The van der Waals surface area contributed by atoms with Gasteiger partial charge in [0.25, 0.3) is 5.56 Å². The highest BCUT2D eigenvalue weighted by atomic mass is 16.3. The van der Waals surface area contributed by atoms with Crippen LogP contribution in [-0.4, -0.2) is 45.6 Å². The first-order chi connectivity index (χ1) is 14.5. The van der Waals surface area contributed by atoms with Crippen LogP contribution in [0.15, 0.2) is 23.0 Å². The Hall–Kier alpha value is -2.41. The second-order valence-electron chi connectivity index (χ2n) is 8.68. The number of nitrogens with zero attached hydrogens (tertiary/aromatic N) is 2. The Labute approximate surface area is 176 Å². The number of carbonyl (C=O) groups is 2. The van der Waals surface area contributed by atoms with Crippen molar-refractivity contribution in [2.45, 2.75) is 58.2 Å². The van der Waals surface area contributed by atoms with E-state index in [0.29, 0.717) is 24.3 Å². The summed E-state index contributed by atoms with van der Waals surface area (Å²) in [6, 6.07) is 2.78. The second-order valence-corrected chi connectivity index (χ2v) is 8.68. The van der Waals surface area contributed by atoms with E-state index in [1.54, 1.807) is 16.7 Å². The molecule has 2 amide bonds. The molecule has 0 radical (unpaired) electrons. The average Bonchev–Trinajstić information content (AvgIpc) is 2.94. The number of pyridine rings is 1. The summed E-state index contributed by atoms with van der Waals surface area (Å²) in [4.78, 5) is 41.4. The topological polar surface area (TPSA) is 91.6 Å². The number of aliphatic hydroxyl groups is 1. The van der Waals surface area contributed by atoms with Gasteiger partial charge in [0.2, 0.25) is 11.8 Å². The molecule has 0 unspecified atom stereocenters. The van der Waals surface area contributed by atoms with E-state index in [9.17, 15) is 19.5 Å². The molecule has 4 rings (SSSR count). The van der Waals surface area contributed by atoms with Crippen LogP contribution < -0.4 is 10.9 Å². The van der Waals surface area contributed by atoms with E-state index in [0.717, 1.165) is 25.7 Å². The molecule has 1 aliphatic carbocycles. The zero-order valence-corrected chi connectivity index (χ0v) is 17.7. The molecule has 1 aromatic rings. The lowest BCUT2D eigenvalue weighted by molar-refractivity contribution is -0.143. The molecule has 162 valence electrons. The third kappa shape index (κ3) is 3.20. The summed E-state index contributed by atoms with van der Waals surface area (Å²) in [5.41, 5.74) is 1.18. The zero-order chi connectivity index (χ0) is 21.4. The van der Waals surface area contributed by atoms with Crippen LogP contribution in [0.1, 0.15) is 56.8 Å². The molecule has 1 aromatic heterocycles. The van der Waals surface area contributed by atoms with E-state index >= 15 is 0 Å². The fourth-order valence-corrected chi connectivity index (χ4v) is 5.26. The number of hydrogen-bond donors (Lipinski definition) is 2. The molecule has 2 N–H and O–H groups in total. The number of allylic oxidation sites excluding steroid dienone is 1. The third-order valence-electron chi connectivity index (χ3n) is 6.98. The minimum atomic E-state index is -0.559. The minimum absolute atomic E-state index is 0.00707. The van der Waals surface area contributed by atoms with E-state index in [-0.39, 0.29) is 41.9 Å². The van der Waals surface area contributed by atoms with Crippen LogP contribution in [0, 0.1) is 17.8 Å². The number of fused-ring (bicyclic) bond motifs is 4. The molecular formula is C23H31N3O4. The molecule has 7 nitrogen and oxygen atoms in total. The summed E-state index contributed by atoms with van der Waals surface area (Å²) in [5, 5.41) is 13.2. The van der Waals surface area contributed by atoms with Crippen LogP contribution in [-0.2, 0) is 16.1 Å². The third-order valence-corrected chi connectivity index (χ3v) is 6.98. The van der Waals surface area contributed by atoms with Crippen LogP contribution in [0.3, 0.4) is 0 Å². The molecule has 30 heavy (non-hydrogen) atoms. The Balaban J connectivity index is 1.82. The van der Waals surface area contributed by atoms with E-state index in [1.807, 2.05) is 30.9 Å². The highest BCUT2D eigenvalue weighted by Crippen LogP contribution is 2.50. The number of nitrogens with one attached hydrogen (secondary N) is 1. The van der Waals surface area contributed by atoms with Crippen molar-refractivity contribution in [3.63, 3.8) is 0 Å². The van der Waals surface area contributed by atoms with E-state index in [4.69, 9.17) is 0 Å². The molecule has 4 atom stereocenters. The molecular weight excluding hydrogens is 382 g/mol. The first-order valence-electron chi connectivity index (χ1n) is 11.1. The van der Waals surface area contributed by atoms with Crippen molar-refractivity contribution in [2.24, 2.45) is 17.8 Å². The van der Waals surface area contributed by atoms with Crippen molar-refractivity contribution in [1.82, 2.24) is 14.8 Å². The predicted octanol–water partition coefficient (Wildman–Crippen LogP) is 1.70. The van der Waals surface area contributed by atoms with Gasteiger partial charge in [-0.15, -0.1) is 0 Å². The maximum atomic E-state index is 13.4. The van der Waals surface area contributed by atoms with Gasteiger partial charge in [0.05, 0.1) is 18.0 Å². The van der Waals surface area contributed by atoms with Crippen molar-refractivity contribution < 1.29 is 14.7 Å². The van der Waals surface area contributed by atoms with Crippen LogP contribution in [0.5, 0.6) is 0 Å². The normalized spacial score (nSPS) is 27.8. The number of rotatable bonds is 6. The molecule has 2 fully saturated rings. The second kappa shape index (κ2) is 8.38. The summed E-state index contributed by atoms with van der Waals surface area (Å²) in [6.45, 7) is 4.53. The standard InChI is InChI=1S/C23H31N3O4/c1-3-6-14-9-10-17-20-19(21(28)24-11-4-2)16(13-27)18(12-25(17)22(14)29)26(20)23(30)15-7-5-8-15/h3,6,9-10,15-16,18-20,27H,4-5,7-8,11-13H2,1-2H3,(H,24,28)/b6-3+/t16-,18-,19+,20+/m1/s1. The average molecular weight is 414 g/mol. The molecule has 1 saturated heterocycles. The van der Waals surface area contributed by atoms with Gasteiger partial charge in [-0.1, -0.05) is 25.5 Å². The maximum Gasteiger partial charge on any atom is 0.258 e.